The minimum Gasteiger partial charge on any atom is -0.377 e. The highest BCUT2D eigenvalue weighted by Crippen LogP contribution is 2.56. The van der Waals surface area contributed by atoms with Gasteiger partial charge >= 0.3 is 6.15 Å². The fraction of sp³-hybridized carbons (Fsp3) is 0.438. The fourth-order valence-corrected chi connectivity index (χ4v) is 7.05. The number of methoxy groups -OCH3 is 1. The summed E-state index contributed by atoms with van der Waals surface area (Å²) in [5.74, 6) is 0.108. The fourth-order valence-electron chi connectivity index (χ4n) is 6.78. The molecule has 1 N–H and O–H groups in total. The second kappa shape index (κ2) is 12.6. The maximum Gasteiger partial charge on any atom is 0.373 e. The number of carbonyl (C=O) groups is 1. The lowest BCUT2D eigenvalue weighted by molar-refractivity contribution is -0.191. The Bertz CT molecular complexity index is 1400. The van der Waals surface area contributed by atoms with E-state index in [-0.39, 0.29) is 23.5 Å². The van der Waals surface area contributed by atoms with Gasteiger partial charge in [0.05, 0.1) is 11.2 Å². The number of fused-ring (bicyclic) bond motifs is 4. The van der Waals surface area contributed by atoms with Crippen LogP contribution in [0.15, 0.2) is 65.3 Å². The molecule has 0 fully saturated rings. The summed E-state index contributed by atoms with van der Waals surface area (Å²) in [6, 6.07) is 16.3. The Kier molecular flexibility index (Phi) is 9.47. The van der Waals surface area contributed by atoms with E-state index in [1.54, 1.807) is 6.08 Å². The van der Waals surface area contributed by atoms with E-state index in [1.165, 1.54) is 10.9 Å². The molecular formula is C32H37BrN2O5. The van der Waals surface area contributed by atoms with Gasteiger partial charge in [-0.1, -0.05) is 53.2 Å². The summed E-state index contributed by atoms with van der Waals surface area (Å²) in [7, 11) is 1.82. The van der Waals surface area contributed by atoms with Crippen molar-refractivity contribution in [3.8, 4) is 0 Å². The van der Waals surface area contributed by atoms with Gasteiger partial charge in [0.25, 0.3) is 0 Å². The number of carbonyl (C=O) groups excluding carboxylic acids is 3. The SMILES string of the molecule is CCC12CCCN(/C=C/C(=O)Cc3ccc(Br)cc3)CCc3c(n(c4ccccc34)C(C)(O)C1)C2OC.O=C=O. The third kappa shape index (κ3) is 6.01. The molecular weight excluding hydrogens is 572 g/mol. The number of halogens is 1. The Morgan fingerprint density at radius 2 is 1.88 bits per heavy atom. The van der Waals surface area contributed by atoms with Crippen LogP contribution in [0.5, 0.6) is 0 Å². The van der Waals surface area contributed by atoms with Crippen LogP contribution in [0.1, 0.15) is 62.5 Å². The molecule has 1 aromatic heterocycles. The average Bonchev–Trinajstić information content (AvgIpc) is 3.26. The van der Waals surface area contributed by atoms with E-state index < -0.39 is 5.72 Å². The van der Waals surface area contributed by atoms with Crippen molar-refractivity contribution in [3.63, 3.8) is 0 Å². The Hall–Kier alpha value is -3.03. The number of nitrogens with zero attached hydrogens (tertiary/aromatic N) is 2. The number of aromatic nitrogens is 1. The molecule has 2 bridgehead atoms. The van der Waals surface area contributed by atoms with Crippen LogP contribution in [-0.2, 0) is 37.7 Å². The summed E-state index contributed by atoms with van der Waals surface area (Å²) in [4.78, 5) is 31.3. The number of para-hydroxylation sites is 1. The summed E-state index contributed by atoms with van der Waals surface area (Å²) in [6.07, 6.45) is 8.66. The molecule has 0 saturated carbocycles. The van der Waals surface area contributed by atoms with Crippen LogP contribution in [0.2, 0.25) is 0 Å². The van der Waals surface area contributed by atoms with Crippen molar-refractivity contribution in [1.29, 1.82) is 0 Å². The first-order valence-electron chi connectivity index (χ1n) is 13.8. The zero-order valence-electron chi connectivity index (χ0n) is 23.4. The smallest absolute Gasteiger partial charge is 0.373 e. The molecule has 8 heteroatoms. The van der Waals surface area contributed by atoms with E-state index in [0.717, 1.165) is 60.0 Å². The number of hydrogen-bond acceptors (Lipinski definition) is 6. The number of allylic oxidation sites excluding steroid dienone is 1. The van der Waals surface area contributed by atoms with Crippen molar-refractivity contribution in [1.82, 2.24) is 9.47 Å². The average molecular weight is 610 g/mol. The summed E-state index contributed by atoms with van der Waals surface area (Å²) >= 11 is 3.45. The first kappa shape index (κ1) is 29.9. The number of benzene rings is 2. The lowest BCUT2D eigenvalue weighted by Crippen LogP contribution is -2.48. The molecule has 0 radical (unpaired) electrons. The van der Waals surface area contributed by atoms with E-state index in [0.29, 0.717) is 12.8 Å². The number of rotatable bonds is 6. The van der Waals surface area contributed by atoms with E-state index in [2.05, 4.69) is 50.5 Å². The van der Waals surface area contributed by atoms with Crippen LogP contribution in [0.25, 0.3) is 10.9 Å². The van der Waals surface area contributed by atoms with Gasteiger partial charge in [0.1, 0.15) is 11.8 Å². The maximum atomic E-state index is 12.7. The van der Waals surface area contributed by atoms with Gasteiger partial charge in [-0.3, -0.25) is 4.79 Å². The molecule has 0 amide bonds. The van der Waals surface area contributed by atoms with Crippen molar-refractivity contribution < 1.29 is 24.2 Å². The maximum absolute atomic E-state index is 12.7. The van der Waals surface area contributed by atoms with Crippen LogP contribution in [0.4, 0.5) is 0 Å². The summed E-state index contributed by atoms with van der Waals surface area (Å²) in [5.41, 5.74) is 3.33. The summed E-state index contributed by atoms with van der Waals surface area (Å²) < 4.78 is 9.43. The lowest BCUT2D eigenvalue weighted by Gasteiger charge is -2.50. The predicted molar refractivity (Wildman–Crippen MR) is 156 cm³/mol. The molecule has 2 aromatic carbocycles. The van der Waals surface area contributed by atoms with E-state index >= 15 is 0 Å². The molecule has 2 aliphatic heterocycles. The summed E-state index contributed by atoms with van der Waals surface area (Å²) in [5, 5.41) is 13.0. The first-order chi connectivity index (χ1) is 19.2. The minimum absolute atomic E-state index is 0.0605. The predicted octanol–water partition coefficient (Wildman–Crippen LogP) is 5.94. The minimum atomic E-state index is -0.976. The van der Waals surface area contributed by atoms with Gasteiger partial charge < -0.3 is 19.3 Å². The molecule has 3 unspecified atom stereocenters. The highest BCUT2D eigenvalue weighted by molar-refractivity contribution is 9.10. The van der Waals surface area contributed by atoms with Gasteiger partial charge in [0.15, 0.2) is 5.78 Å². The standard InChI is InChI=1S/C31H37BrN2O3.CO2/c1-4-31-16-7-17-33(18-14-24(35)20-22-10-12-23(32)13-11-22)19-15-26-25-8-5-6-9-27(25)34(30(2,36)21-31)28(26)29(31)37-3;2-1-3/h5-6,8-14,18,29,36H,4,7,15-17,19-21H2,1-3H3;/b18-14+;. The summed E-state index contributed by atoms with van der Waals surface area (Å²) in [6.45, 7) is 5.86. The van der Waals surface area contributed by atoms with Crippen molar-refractivity contribution in [2.75, 3.05) is 20.2 Å². The zero-order valence-corrected chi connectivity index (χ0v) is 24.9. The van der Waals surface area contributed by atoms with Crippen molar-refractivity contribution >= 4 is 38.8 Å². The highest BCUT2D eigenvalue weighted by Gasteiger charge is 2.52. The normalized spacial score (nSPS) is 24.3. The molecule has 2 aliphatic rings. The van der Waals surface area contributed by atoms with Gasteiger partial charge in [-0.15, -0.1) is 0 Å². The van der Waals surface area contributed by atoms with Crippen LogP contribution >= 0.6 is 15.9 Å². The Labute approximate surface area is 243 Å². The molecule has 0 spiro atoms. The van der Waals surface area contributed by atoms with Crippen molar-refractivity contribution in [3.05, 3.63) is 82.1 Å². The number of aliphatic hydroxyl groups is 1. The van der Waals surface area contributed by atoms with Gasteiger partial charge in [0, 0.05) is 54.5 Å². The molecule has 0 saturated heterocycles. The number of ketones is 1. The van der Waals surface area contributed by atoms with Crippen LogP contribution < -0.4 is 0 Å². The largest absolute Gasteiger partial charge is 0.377 e. The third-order valence-corrected chi connectivity index (χ3v) is 8.99. The zero-order chi connectivity index (χ0) is 28.9. The second-order valence-corrected chi connectivity index (χ2v) is 11.9. The molecule has 7 nitrogen and oxygen atoms in total. The Balaban J connectivity index is 0.00000118. The third-order valence-electron chi connectivity index (χ3n) is 8.47. The first-order valence-corrected chi connectivity index (χ1v) is 14.6. The van der Waals surface area contributed by atoms with E-state index in [4.69, 9.17) is 14.3 Å². The van der Waals surface area contributed by atoms with Crippen molar-refractivity contribution in [2.45, 2.75) is 64.2 Å². The molecule has 0 aliphatic carbocycles. The highest BCUT2D eigenvalue weighted by atomic mass is 79.9. The molecule has 3 heterocycles. The monoisotopic (exact) mass is 608 g/mol. The van der Waals surface area contributed by atoms with Gasteiger partial charge in [0.2, 0.25) is 0 Å². The quantitative estimate of drug-likeness (QED) is 0.349. The van der Waals surface area contributed by atoms with Gasteiger partial charge in [-0.25, -0.2) is 0 Å². The number of ether oxygens (including phenoxy) is 1. The number of hydrogen-bond donors (Lipinski definition) is 1. The van der Waals surface area contributed by atoms with Gasteiger partial charge in [-0.2, -0.15) is 9.59 Å². The topological polar surface area (TPSA) is 88.8 Å². The molecule has 40 heavy (non-hydrogen) atoms. The molecule has 212 valence electrons. The van der Waals surface area contributed by atoms with Crippen LogP contribution in [0.3, 0.4) is 0 Å². The van der Waals surface area contributed by atoms with Crippen LogP contribution in [0, 0.1) is 5.41 Å². The Morgan fingerprint density at radius 1 is 1.18 bits per heavy atom. The second-order valence-electron chi connectivity index (χ2n) is 11.0. The molecule has 3 aromatic rings. The molecule has 3 atom stereocenters. The van der Waals surface area contributed by atoms with Crippen molar-refractivity contribution in [2.24, 2.45) is 5.41 Å². The van der Waals surface area contributed by atoms with Gasteiger partial charge in [-0.05, 0) is 68.0 Å². The molecule has 5 rings (SSSR count). The van der Waals surface area contributed by atoms with E-state index in [1.807, 2.05) is 50.6 Å². The van der Waals surface area contributed by atoms with E-state index in [9.17, 15) is 9.90 Å². The lowest BCUT2D eigenvalue weighted by atomic mass is 9.66. The van der Waals surface area contributed by atoms with Crippen LogP contribution in [-0.4, -0.2) is 46.7 Å². The Morgan fingerprint density at radius 3 is 2.55 bits per heavy atom.